The summed E-state index contributed by atoms with van der Waals surface area (Å²) in [6, 6.07) is 9.43. The Balaban J connectivity index is 2.03. The first-order valence-electron chi connectivity index (χ1n) is 6.43. The van der Waals surface area contributed by atoms with Gasteiger partial charge in [0.2, 0.25) is 0 Å². The van der Waals surface area contributed by atoms with Gasteiger partial charge in [-0.15, -0.1) is 0 Å². The molecule has 3 N–H and O–H groups in total. The van der Waals surface area contributed by atoms with E-state index in [0.29, 0.717) is 17.3 Å². The largest absolute Gasteiger partial charge is 0.359 e. The minimum Gasteiger partial charge on any atom is -0.359 e. The van der Waals surface area contributed by atoms with Gasteiger partial charge in [0.25, 0.3) is 5.91 Å². The highest BCUT2D eigenvalue weighted by Gasteiger charge is 2.16. The molecule has 2 aromatic rings. The number of nitrogens with zero attached hydrogens (tertiary/aromatic N) is 2. The monoisotopic (exact) mass is 308 g/mol. The molecule has 0 bridgehead atoms. The lowest BCUT2D eigenvalue weighted by Gasteiger charge is -2.23. The lowest BCUT2D eigenvalue weighted by molar-refractivity contribution is 0.0944. The van der Waals surface area contributed by atoms with E-state index in [9.17, 15) is 4.79 Å². The van der Waals surface area contributed by atoms with Crippen LogP contribution in [0.5, 0.6) is 0 Å². The molecule has 0 aliphatic rings. The Hall–Kier alpha value is -1.89. The van der Waals surface area contributed by atoms with Crippen LogP contribution in [0.2, 0.25) is 5.02 Å². The zero-order valence-electron chi connectivity index (χ0n) is 11.8. The highest BCUT2D eigenvalue weighted by Crippen LogP contribution is 2.22. The number of rotatable bonds is 5. The van der Waals surface area contributed by atoms with Crippen molar-refractivity contribution in [3.05, 3.63) is 52.4 Å². The Kier molecular flexibility index (Phi) is 4.95. The van der Waals surface area contributed by atoms with Crippen molar-refractivity contribution in [1.82, 2.24) is 15.5 Å². The van der Waals surface area contributed by atoms with Crippen molar-refractivity contribution in [3.8, 4) is 0 Å². The number of carbonyl (C=O) groups is 1. The Morgan fingerprint density at radius 3 is 2.76 bits per heavy atom. The summed E-state index contributed by atoms with van der Waals surface area (Å²) < 4.78 is 5.13. The van der Waals surface area contributed by atoms with Gasteiger partial charge in [-0.2, -0.15) is 0 Å². The standard InChI is InChI=1S/C14H17ClN4O2/c1-9(10-3-5-11(15)6-4-10)19(2)8-12-7-13(18-21-12)14(20)17-16/h3-7,9H,8,16H2,1-2H3,(H,17,20). The Morgan fingerprint density at radius 2 is 2.14 bits per heavy atom. The summed E-state index contributed by atoms with van der Waals surface area (Å²) in [6.45, 7) is 2.60. The van der Waals surface area contributed by atoms with Gasteiger partial charge in [-0.05, 0) is 31.7 Å². The molecule has 1 amide bonds. The second-order valence-corrected chi connectivity index (χ2v) is 5.23. The van der Waals surface area contributed by atoms with Crippen LogP contribution in [-0.2, 0) is 6.54 Å². The van der Waals surface area contributed by atoms with E-state index in [-0.39, 0.29) is 11.7 Å². The Bertz CT molecular complexity index is 612. The number of amides is 1. The molecule has 0 spiro atoms. The summed E-state index contributed by atoms with van der Waals surface area (Å²) in [5.41, 5.74) is 3.32. The van der Waals surface area contributed by atoms with Gasteiger partial charge in [0, 0.05) is 17.1 Å². The Morgan fingerprint density at radius 1 is 1.48 bits per heavy atom. The third-order valence-electron chi connectivity index (χ3n) is 3.34. The van der Waals surface area contributed by atoms with Crippen LogP contribution in [-0.4, -0.2) is 23.0 Å². The summed E-state index contributed by atoms with van der Waals surface area (Å²) in [5, 5.41) is 4.38. The van der Waals surface area contributed by atoms with Crippen molar-refractivity contribution in [2.75, 3.05) is 7.05 Å². The highest BCUT2D eigenvalue weighted by molar-refractivity contribution is 6.30. The van der Waals surface area contributed by atoms with Crippen LogP contribution in [0.3, 0.4) is 0 Å². The molecular weight excluding hydrogens is 292 g/mol. The number of hydrogen-bond donors (Lipinski definition) is 2. The molecule has 0 fully saturated rings. The number of nitrogens with two attached hydrogens (primary N) is 1. The van der Waals surface area contributed by atoms with Gasteiger partial charge in [0.1, 0.15) is 0 Å². The van der Waals surface area contributed by atoms with Gasteiger partial charge in [-0.3, -0.25) is 15.1 Å². The number of benzene rings is 1. The molecule has 21 heavy (non-hydrogen) atoms. The normalized spacial score (nSPS) is 12.4. The summed E-state index contributed by atoms with van der Waals surface area (Å²) >= 11 is 5.89. The molecule has 7 heteroatoms. The summed E-state index contributed by atoms with van der Waals surface area (Å²) in [7, 11) is 1.96. The van der Waals surface area contributed by atoms with Crippen molar-refractivity contribution in [3.63, 3.8) is 0 Å². The first-order chi connectivity index (χ1) is 10.0. The lowest BCUT2D eigenvalue weighted by Crippen LogP contribution is -2.30. The highest BCUT2D eigenvalue weighted by atomic mass is 35.5. The van der Waals surface area contributed by atoms with Gasteiger partial charge in [0.05, 0.1) is 6.54 Å². The molecule has 0 aliphatic heterocycles. The van der Waals surface area contributed by atoms with Crippen LogP contribution < -0.4 is 11.3 Å². The van der Waals surface area contributed by atoms with E-state index in [1.807, 2.05) is 36.7 Å². The van der Waals surface area contributed by atoms with Crippen LogP contribution in [0.15, 0.2) is 34.9 Å². The van der Waals surface area contributed by atoms with E-state index in [4.69, 9.17) is 22.0 Å². The topological polar surface area (TPSA) is 84.4 Å². The molecule has 2 rings (SSSR count). The van der Waals surface area contributed by atoms with Crippen molar-refractivity contribution >= 4 is 17.5 Å². The molecule has 0 saturated carbocycles. The molecule has 1 heterocycles. The number of hydrazine groups is 1. The molecule has 0 aliphatic carbocycles. The third kappa shape index (κ3) is 3.81. The molecule has 1 atom stereocenters. The van der Waals surface area contributed by atoms with Gasteiger partial charge >= 0.3 is 0 Å². The van der Waals surface area contributed by atoms with Crippen LogP contribution in [0, 0.1) is 0 Å². The lowest BCUT2D eigenvalue weighted by atomic mass is 10.1. The number of nitrogen functional groups attached to an aromatic ring is 1. The van der Waals surface area contributed by atoms with Crippen LogP contribution >= 0.6 is 11.6 Å². The SMILES string of the molecule is CC(c1ccc(Cl)cc1)N(C)Cc1cc(C(=O)NN)no1. The van der Waals surface area contributed by atoms with Gasteiger partial charge in [-0.25, -0.2) is 5.84 Å². The zero-order chi connectivity index (χ0) is 15.4. The van der Waals surface area contributed by atoms with Crippen molar-refractivity contribution in [2.45, 2.75) is 19.5 Å². The predicted octanol–water partition coefficient (Wildman–Crippen LogP) is 2.12. The average molecular weight is 309 g/mol. The first kappa shape index (κ1) is 15.5. The zero-order valence-corrected chi connectivity index (χ0v) is 12.6. The number of nitrogens with one attached hydrogen (secondary N) is 1. The predicted molar refractivity (Wildman–Crippen MR) is 79.5 cm³/mol. The first-order valence-corrected chi connectivity index (χ1v) is 6.81. The van der Waals surface area contributed by atoms with Crippen molar-refractivity contribution in [2.24, 2.45) is 5.84 Å². The van der Waals surface area contributed by atoms with Crippen LogP contribution in [0.4, 0.5) is 0 Å². The molecule has 0 radical (unpaired) electrons. The van der Waals surface area contributed by atoms with E-state index in [2.05, 4.69) is 17.0 Å². The minimum atomic E-state index is -0.474. The van der Waals surface area contributed by atoms with Crippen LogP contribution in [0.25, 0.3) is 0 Å². The number of carbonyl (C=O) groups excluding carboxylic acids is 1. The fourth-order valence-electron chi connectivity index (χ4n) is 1.95. The van der Waals surface area contributed by atoms with E-state index >= 15 is 0 Å². The number of halogens is 1. The fraction of sp³-hybridized carbons (Fsp3) is 0.286. The van der Waals surface area contributed by atoms with Crippen LogP contribution in [0.1, 0.15) is 34.8 Å². The minimum absolute atomic E-state index is 0.166. The molecule has 1 aromatic heterocycles. The Labute approximate surface area is 127 Å². The van der Waals surface area contributed by atoms with E-state index < -0.39 is 5.91 Å². The maximum absolute atomic E-state index is 11.3. The average Bonchev–Trinajstić information content (AvgIpc) is 2.95. The van der Waals surface area contributed by atoms with E-state index in [1.54, 1.807) is 6.07 Å². The quantitative estimate of drug-likeness (QED) is 0.502. The van der Waals surface area contributed by atoms with Crippen molar-refractivity contribution < 1.29 is 9.32 Å². The summed E-state index contributed by atoms with van der Waals surface area (Å²) in [5.74, 6) is 5.17. The molecule has 112 valence electrons. The van der Waals surface area contributed by atoms with Gasteiger partial charge < -0.3 is 4.52 Å². The smallest absolute Gasteiger partial charge is 0.287 e. The maximum Gasteiger partial charge on any atom is 0.287 e. The molecule has 0 saturated heterocycles. The van der Waals surface area contributed by atoms with E-state index in [0.717, 1.165) is 5.56 Å². The maximum atomic E-state index is 11.3. The molecule has 6 nitrogen and oxygen atoms in total. The summed E-state index contributed by atoms with van der Waals surface area (Å²) in [4.78, 5) is 13.4. The summed E-state index contributed by atoms with van der Waals surface area (Å²) in [6.07, 6.45) is 0. The number of aromatic nitrogens is 1. The fourth-order valence-corrected chi connectivity index (χ4v) is 2.07. The van der Waals surface area contributed by atoms with Gasteiger partial charge in [0.15, 0.2) is 11.5 Å². The molecular formula is C14H17ClN4O2. The van der Waals surface area contributed by atoms with Crippen molar-refractivity contribution in [1.29, 1.82) is 0 Å². The van der Waals surface area contributed by atoms with Gasteiger partial charge in [-0.1, -0.05) is 28.9 Å². The second kappa shape index (κ2) is 6.71. The van der Waals surface area contributed by atoms with E-state index in [1.165, 1.54) is 0 Å². The third-order valence-corrected chi connectivity index (χ3v) is 3.59. The molecule has 1 aromatic carbocycles. The molecule has 1 unspecified atom stereocenters. The second-order valence-electron chi connectivity index (χ2n) is 4.79. The number of hydrogen-bond acceptors (Lipinski definition) is 5.